The summed E-state index contributed by atoms with van der Waals surface area (Å²) >= 11 is 0. The Bertz CT molecular complexity index is 363. The lowest BCUT2D eigenvalue weighted by molar-refractivity contribution is 0.152. The molecule has 1 amide bonds. The quantitative estimate of drug-likeness (QED) is 0.456. The van der Waals surface area contributed by atoms with Crippen LogP contribution in [0.2, 0.25) is 0 Å². The van der Waals surface area contributed by atoms with E-state index < -0.39 is 6.09 Å². The molecule has 0 aliphatic heterocycles. The highest BCUT2D eigenvalue weighted by Crippen LogP contribution is 1.98. The van der Waals surface area contributed by atoms with Gasteiger partial charge in [-0.15, -0.1) is 0 Å². The molecule has 0 unspecified atom stereocenters. The summed E-state index contributed by atoms with van der Waals surface area (Å²) in [6, 6.07) is 9.63. The summed E-state index contributed by atoms with van der Waals surface area (Å²) < 4.78 is 4.63. The number of amides is 1. The first-order chi connectivity index (χ1) is 7.72. The van der Waals surface area contributed by atoms with Crippen molar-refractivity contribution in [3.8, 4) is 0 Å². The Kier molecular flexibility index (Phi) is 4.85. The zero-order valence-corrected chi connectivity index (χ0v) is 9.14. The molecule has 0 atom stereocenters. The highest BCUT2D eigenvalue weighted by Gasteiger charge is 1.99. The van der Waals surface area contributed by atoms with E-state index in [4.69, 9.17) is 5.73 Å². The topological polar surface area (TPSA) is 76.7 Å². The summed E-state index contributed by atoms with van der Waals surface area (Å²) in [6.07, 6.45) is -0.105. The molecule has 0 aromatic heterocycles. The minimum Gasteiger partial charge on any atom is -0.449 e. The zero-order valence-electron chi connectivity index (χ0n) is 9.14. The first-order valence-corrected chi connectivity index (χ1v) is 5.01. The lowest BCUT2D eigenvalue weighted by Crippen LogP contribution is -2.25. The molecule has 1 aromatic rings. The molecule has 5 nitrogen and oxygen atoms in total. The zero-order chi connectivity index (χ0) is 11.8. The number of rotatable bonds is 4. The fourth-order valence-corrected chi connectivity index (χ4v) is 1.13. The van der Waals surface area contributed by atoms with Crippen molar-refractivity contribution in [3.63, 3.8) is 0 Å². The summed E-state index contributed by atoms with van der Waals surface area (Å²) in [5, 5.41) is 3.71. The van der Waals surface area contributed by atoms with Gasteiger partial charge in [0.25, 0.3) is 0 Å². The van der Waals surface area contributed by atoms with Crippen molar-refractivity contribution in [1.29, 1.82) is 0 Å². The van der Waals surface area contributed by atoms with E-state index in [2.05, 4.69) is 15.3 Å². The normalized spacial score (nSPS) is 10.9. The smallest absolute Gasteiger partial charge is 0.427 e. The van der Waals surface area contributed by atoms with Crippen LogP contribution in [0.1, 0.15) is 12.5 Å². The van der Waals surface area contributed by atoms with Gasteiger partial charge in [0.15, 0.2) is 0 Å². The maximum absolute atomic E-state index is 10.9. The molecule has 0 saturated heterocycles. The van der Waals surface area contributed by atoms with Crippen LogP contribution in [0.4, 0.5) is 4.79 Å². The van der Waals surface area contributed by atoms with Crippen molar-refractivity contribution in [2.24, 2.45) is 10.8 Å². The third-order valence-electron chi connectivity index (χ3n) is 1.79. The number of benzene rings is 1. The van der Waals surface area contributed by atoms with Crippen molar-refractivity contribution >= 4 is 11.9 Å². The number of carbonyl (C=O) groups excluding carboxylic acids is 1. The largest absolute Gasteiger partial charge is 0.449 e. The number of carbonyl (C=O) groups is 1. The number of nitrogens with two attached hydrogens (primary N) is 1. The number of hydrogen-bond donors (Lipinski definition) is 2. The van der Waals surface area contributed by atoms with Crippen LogP contribution in [0.25, 0.3) is 0 Å². The molecule has 1 rings (SSSR count). The molecule has 0 spiro atoms. The Hall–Kier alpha value is -2.04. The SMILES string of the molecule is CCOC(=O)N/N=C(\N)Cc1ccccc1. The number of nitrogens with zero attached hydrogens (tertiary/aromatic N) is 1. The van der Waals surface area contributed by atoms with Gasteiger partial charge in [0.2, 0.25) is 0 Å². The molecule has 0 fully saturated rings. The van der Waals surface area contributed by atoms with Crippen LogP contribution in [-0.2, 0) is 11.2 Å². The molecule has 0 saturated carbocycles. The second-order valence-electron chi connectivity index (χ2n) is 3.10. The summed E-state index contributed by atoms with van der Waals surface area (Å²) in [5.74, 6) is 0.333. The molecule has 0 radical (unpaired) electrons. The van der Waals surface area contributed by atoms with Crippen LogP contribution in [0.15, 0.2) is 35.4 Å². The van der Waals surface area contributed by atoms with Crippen molar-refractivity contribution in [3.05, 3.63) is 35.9 Å². The Labute approximate surface area is 94.3 Å². The van der Waals surface area contributed by atoms with E-state index in [0.29, 0.717) is 18.9 Å². The maximum Gasteiger partial charge on any atom is 0.427 e. The van der Waals surface area contributed by atoms with Gasteiger partial charge in [0, 0.05) is 6.42 Å². The third-order valence-corrected chi connectivity index (χ3v) is 1.79. The van der Waals surface area contributed by atoms with E-state index in [-0.39, 0.29) is 0 Å². The van der Waals surface area contributed by atoms with Crippen LogP contribution in [0, 0.1) is 0 Å². The number of hydrogen-bond acceptors (Lipinski definition) is 3. The van der Waals surface area contributed by atoms with E-state index >= 15 is 0 Å². The van der Waals surface area contributed by atoms with E-state index in [1.807, 2.05) is 30.3 Å². The van der Waals surface area contributed by atoms with Gasteiger partial charge in [0.1, 0.15) is 5.84 Å². The highest BCUT2D eigenvalue weighted by molar-refractivity contribution is 5.83. The van der Waals surface area contributed by atoms with E-state index in [0.717, 1.165) is 5.56 Å². The monoisotopic (exact) mass is 221 g/mol. The summed E-state index contributed by atoms with van der Waals surface area (Å²) in [7, 11) is 0. The first kappa shape index (κ1) is 12.0. The second-order valence-corrected chi connectivity index (χ2v) is 3.10. The summed E-state index contributed by atoms with van der Waals surface area (Å²) in [6.45, 7) is 2.02. The molecule has 3 N–H and O–H groups in total. The van der Waals surface area contributed by atoms with Crippen molar-refractivity contribution in [2.75, 3.05) is 6.61 Å². The van der Waals surface area contributed by atoms with Crippen LogP contribution >= 0.6 is 0 Å². The standard InChI is InChI=1S/C11H15N3O2/c1-2-16-11(15)14-13-10(12)8-9-6-4-3-5-7-9/h3-7H,2,8H2,1H3,(H2,12,13)(H,14,15). The van der Waals surface area contributed by atoms with Gasteiger partial charge in [-0.3, -0.25) is 0 Å². The van der Waals surface area contributed by atoms with Gasteiger partial charge >= 0.3 is 6.09 Å². The molecule has 1 aromatic carbocycles. The average Bonchev–Trinajstić information content (AvgIpc) is 2.28. The van der Waals surface area contributed by atoms with Gasteiger partial charge in [-0.25, -0.2) is 10.2 Å². The Morgan fingerprint density at radius 3 is 2.75 bits per heavy atom. The average molecular weight is 221 g/mol. The van der Waals surface area contributed by atoms with E-state index in [1.165, 1.54) is 0 Å². The molecule has 5 heteroatoms. The number of hydrazone groups is 1. The predicted octanol–water partition coefficient (Wildman–Crippen LogP) is 1.25. The fraction of sp³-hybridized carbons (Fsp3) is 0.273. The van der Waals surface area contributed by atoms with Gasteiger partial charge in [-0.2, -0.15) is 5.10 Å². The van der Waals surface area contributed by atoms with Crippen molar-refractivity contribution in [2.45, 2.75) is 13.3 Å². The molecule has 0 aliphatic rings. The second kappa shape index (κ2) is 6.44. The Morgan fingerprint density at radius 2 is 2.12 bits per heavy atom. The van der Waals surface area contributed by atoms with E-state index in [1.54, 1.807) is 6.92 Å². The first-order valence-electron chi connectivity index (χ1n) is 5.01. The molecular formula is C11H15N3O2. The fourth-order valence-electron chi connectivity index (χ4n) is 1.13. The molecular weight excluding hydrogens is 206 g/mol. The molecule has 0 bridgehead atoms. The lowest BCUT2D eigenvalue weighted by Gasteiger charge is -2.02. The van der Waals surface area contributed by atoms with Crippen molar-refractivity contribution < 1.29 is 9.53 Å². The van der Waals surface area contributed by atoms with Crippen molar-refractivity contribution in [1.82, 2.24) is 5.43 Å². The van der Waals surface area contributed by atoms with Gasteiger partial charge in [-0.05, 0) is 12.5 Å². The minimum absolute atomic E-state index is 0.305. The van der Waals surface area contributed by atoms with Gasteiger partial charge < -0.3 is 10.5 Å². The highest BCUT2D eigenvalue weighted by atomic mass is 16.5. The molecule has 0 heterocycles. The molecule has 0 aliphatic carbocycles. The number of ether oxygens (including phenoxy) is 1. The molecule has 16 heavy (non-hydrogen) atoms. The van der Waals surface area contributed by atoms with Gasteiger partial charge in [-0.1, -0.05) is 30.3 Å². The van der Waals surface area contributed by atoms with Crippen LogP contribution in [0.3, 0.4) is 0 Å². The Balaban J connectivity index is 2.43. The van der Waals surface area contributed by atoms with Crippen LogP contribution in [0.5, 0.6) is 0 Å². The molecule has 86 valence electrons. The number of amidine groups is 1. The van der Waals surface area contributed by atoms with E-state index in [9.17, 15) is 4.79 Å². The number of nitrogens with one attached hydrogen (secondary N) is 1. The lowest BCUT2D eigenvalue weighted by atomic mass is 10.1. The third kappa shape index (κ3) is 4.45. The van der Waals surface area contributed by atoms with Gasteiger partial charge in [0.05, 0.1) is 6.61 Å². The van der Waals surface area contributed by atoms with Crippen LogP contribution in [-0.4, -0.2) is 18.5 Å². The Morgan fingerprint density at radius 1 is 1.44 bits per heavy atom. The summed E-state index contributed by atoms with van der Waals surface area (Å²) in [5.41, 5.74) is 8.87. The maximum atomic E-state index is 10.9. The predicted molar refractivity (Wildman–Crippen MR) is 61.9 cm³/mol. The van der Waals surface area contributed by atoms with Crippen LogP contribution < -0.4 is 11.2 Å². The minimum atomic E-state index is -0.599. The summed E-state index contributed by atoms with van der Waals surface area (Å²) in [4.78, 5) is 10.9.